The Bertz CT molecular complexity index is 722. The molecule has 2 amide bonds. The van der Waals surface area contributed by atoms with Crippen LogP contribution in [0, 0.1) is 35.5 Å². The topological polar surface area (TPSA) is 37.4 Å². The van der Waals surface area contributed by atoms with Crippen LogP contribution in [0.3, 0.4) is 0 Å². The highest BCUT2D eigenvalue weighted by Crippen LogP contribution is 2.65. The molecule has 0 radical (unpaired) electrons. The number of imide groups is 1. The highest BCUT2D eigenvalue weighted by Gasteiger charge is 2.67. The lowest BCUT2D eigenvalue weighted by molar-refractivity contribution is -0.124. The lowest BCUT2D eigenvalue weighted by Gasteiger charge is -2.37. The van der Waals surface area contributed by atoms with Crippen molar-refractivity contribution in [3.63, 3.8) is 0 Å². The predicted octanol–water partition coefficient (Wildman–Crippen LogP) is 3.37. The zero-order valence-corrected chi connectivity index (χ0v) is 14.2. The molecule has 4 aliphatic carbocycles. The third kappa shape index (κ3) is 1.63. The summed E-state index contributed by atoms with van der Waals surface area (Å²) < 4.78 is 0. The minimum Gasteiger partial charge on any atom is -0.274 e. The summed E-state index contributed by atoms with van der Waals surface area (Å²) in [6, 6.07) is 6.16. The summed E-state index contributed by atoms with van der Waals surface area (Å²) in [4.78, 5) is 28.2. The summed E-state index contributed by atoms with van der Waals surface area (Å²) >= 11 is 0. The molecule has 2 saturated carbocycles. The van der Waals surface area contributed by atoms with Gasteiger partial charge >= 0.3 is 0 Å². The van der Waals surface area contributed by atoms with E-state index in [2.05, 4.69) is 38.1 Å². The summed E-state index contributed by atoms with van der Waals surface area (Å²) in [6.07, 6.45) is 7.36. The van der Waals surface area contributed by atoms with Crippen LogP contribution in [0.1, 0.15) is 31.4 Å². The monoisotopic (exact) mass is 321 g/mol. The van der Waals surface area contributed by atoms with Gasteiger partial charge < -0.3 is 0 Å². The van der Waals surface area contributed by atoms with E-state index in [4.69, 9.17) is 0 Å². The maximum absolute atomic E-state index is 13.3. The molecule has 3 nitrogen and oxygen atoms in total. The molecule has 0 aromatic heterocycles. The molecule has 0 spiro atoms. The number of aryl methyl sites for hydroxylation is 2. The number of para-hydroxylation sites is 1. The number of rotatable bonds is 3. The molecule has 3 heteroatoms. The van der Waals surface area contributed by atoms with Gasteiger partial charge in [0.15, 0.2) is 0 Å². The van der Waals surface area contributed by atoms with Crippen molar-refractivity contribution in [1.82, 2.24) is 0 Å². The molecule has 3 fully saturated rings. The molecule has 6 atom stereocenters. The van der Waals surface area contributed by atoms with E-state index < -0.39 is 0 Å². The Morgan fingerprint density at radius 2 is 1.42 bits per heavy atom. The van der Waals surface area contributed by atoms with Crippen molar-refractivity contribution in [2.24, 2.45) is 35.5 Å². The van der Waals surface area contributed by atoms with Gasteiger partial charge in [-0.1, -0.05) is 44.2 Å². The van der Waals surface area contributed by atoms with Gasteiger partial charge in [0.1, 0.15) is 0 Å². The molecule has 2 bridgehead atoms. The predicted molar refractivity (Wildman–Crippen MR) is 92.4 cm³/mol. The number of hydrogen-bond donors (Lipinski definition) is 0. The number of anilines is 1. The molecule has 1 aromatic carbocycles. The molecule has 1 aromatic rings. The van der Waals surface area contributed by atoms with Crippen molar-refractivity contribution in [2.75, 3.05) is 4.90 Å². The Kier molecular flexibility index (Phi) is 2.89. The number of nitrogens with zero attached hydrogens (tertiary/aromatic N) is 1. The van der Waals surface area contributed by atoms with Crippen LogP contribution >= 0.6 is 0 Å². The molecular formula is C21H23NO2. The van der Waals surface area contributed by atoms with Gasteiger partial charge in [-0.05, 0) is 54.1 Å². The maximum Gasteiger partial charge on any atom is 0.238 e. The second-order valence-corrected chi connectivity index (χ2v) is 7.80. The van der Waals surface area contributed by atoms with Crippen LogP contribution in [0.2, 0.25) is 0 Å². The first-order valence-electron chi connectivity index (χ1n) is 9.34. The average Bonchev–Trinajstić information content (AvgIpc) is 3.39. The quantitative estimate of drug-likeness (QED) is 0.632. The van der Waals surface area contributed by atoms with Crippen molar-refractivity contribution in [2.45, 2.75) is 33.1 Å². The van der Waals surface area contributed by atoms with Crippen LogP contribution in [-0.4, -0.2) is 11.8 Å². The Hall–Kier alpha value is -1.90. The van der Waals surface area contributed by atoms with E-state index >= 15 is 0 Å². The molecule has 0 N–H and O–H groups in total. The molecule has 1 saturated heterocycles. The van der Waals surface area contributed by atoms with Crippen LogP contribution < -0.4 is 4.90 Å². The SMILES string of the molecule is CCc1cccc(CC)c1N1C(=O)[C@@H]2[C@H]3C=C[C@H]([C@H]4C[C@@H]34)[C@@H]2C1=O. The first-order chi connectivity index (χ1) is 11.7. The van der Waals surface area contributed by atoms with Gasteiger partial charge in [0, 0.05) is 0 Å². The van der Waals surface area contributed by atoms with E-state index in [1.165, 1.54) is 6.42 Å². The fourth-order valence-corrected chi connectivity index (χ4v) is 5.68. The molecule has 6 rings (SSSR count). The summed E-state index contributed by atoms with van der Waals surface area (Å²) in [5.74, 6) is 1.82. The summed E-state index contributed by atoms with van der Waals surface area (Å²) in [5, 5.41) is 0. The molecule has 5 aliphatic rings. The lowest BCUT2D eigenvalue weighted by atomic mass is 9.63. The third-order valence-electron chi connectivity index (χ3n) is 6.85. The molecule has 0 unspecified atom stereocenters. The number of carbonyl (C=O) groups is 2. The van der Waals surface area contributed by atoms with Gasteiger partial charge in [-0.15, -0.1) is 0 Å². The van der Waals surface area contributed by atoms with Crippen molar-refractivity contribution in [3.05, 3.63) is 41.5 Å². The van der Waals surface area contributed by atoms with Gasteiger partial charge in [-0.3, -0.25) is 9.59 Å². The molecule has 1 heterocycles. The Labute approximate surface area is 142 Å². The fraction of sp³-hybridized carbons (Fsp3) is 0.524. The van der Waals surface area contributed by atoms with Crippen molar-refractivity contribution in [1.29, 1.82) is 0 Å². The van der Waals surface area contributed by atoms with Crippen molar-refractivity contribution in [3.8, 4) is 0 Å². The number of carbonyl (C=O) groups excluding carboxylic acids is 2. The average molecular weight is 321 g/mol. The van der Waals surface area contributed by atoms with E-state index in [1.807, 2.05) is 6.07 Å². The molecule has 124 valence electrons. The molecule has 1 aliphatic heterocycles. The Morgan fingerprint density at radius 3 is 1.88 bits per heavy atom. The summed E-state index contributed by atoms with van der Waals surface area (Å²) in [6.45, 7) is 4.19. The van der Waals surface area contributed by atoms with Gasteiger partial charge in [0.25, 0.3) is 0 Å². The van der Waals surface area contributed by atoms with Crippen LogP contribution in [0.5, 0.6) is 0 Å². The second kappa shape index (κ2) is 4.81. The number of amides is 2. The third-order valence-corrected chi connectivity index (χ3v) is 6.85. The van der Waals surface area contributed by atoms with Gasteiger partial charge in [-0.2, -0.15) is 0 Å². The smallest absolute Gasteiger partial charge is 0.238 e. The lowest BCUT2D eigenvalue weighted by Crippen LogP contribution is -2.40. The molecular weight excluding hydrogens is 298 g/mol. The number of benzene rings is 1. The van der Waals surface area contributed by atoms with Crippen LogP contribution in [-0.2, 0) is 22.4 Å². The maximum atomic E-state index is 13.3. The van der Waals surface area contributed by atoms with E-state index in [0.717, 1.165) is 29.7 Å². The van der Waals surface area contributed by atoms with Crippen LogP contribution in [0.4, 0.5) is 5.69 Å². The van der Waals surface area contributed by atoms with Crippen LogP contribution in [0.25, 0.3) is 0 Å². The first-order valence-corrected chi connectivity index (χ1v) is 9.34. The van der Waals surface area contributed by atoms with E-state index in [-0.39, 0.29) is 23.7 Å². The Balaban J connectivity index is 1.63. The Morgan fingerprint density at radius 1 is 0.917 bits per heavy atom. The van der Waals surface area contributed by atoms with E-state index in [1.54, 1.807) is 4.90 Å². The zero-order valence-electron chi connectivity index (χ0n) is 14.2. The van der Waals surface area contributed by atoms with E-state index in [9.17, 15) is 9.59 Å². The highest BCUT2D eigenvalue weighted by atomic mass is 16.2. The fourth-order valence-electron chi connectivity index (χ4n) is 5.68. The molecule has 24 heavy (non-hydrogen) atoms. The number of allylic oxidation sites excluding steroid dienone is 2. The van der Waals surface area contributed by atoms with Crippen molar-refractivity contribution >= 4 is 17.5 Å². The van der Waals surface area contributed by atoms with Crippen molar-refractivity contribution < 1.29 is 9.59 Å². The standard InChI is InChI=1S/C21H23NO2/c1-3-11-6-5-7-12(4-2)19(11)22-20(23)17-13-8-9-14(16-10-15(13)16)18(17)21(22)24/h5-9,13-18H,3-4,10H2,1-2H3/t13-,14+,15-,16+,17+,18-. The largest absolute Gasteiger partial charge is 0.274 e. The summed E-state index contributed by atoms with van der Waals surface area (Å²) in [5.41, 5.74) is 3.11. The number of hydrogen-bond acceptors (Lipinski definition) is 2. The summed E-state index contributed by atoms with van der Waals surface area (Å²) in [7, 11) is 0. The van der Waals surface area contributed by atoms with Gasteiger partial charge in [0.05, 0.1) is 17.5 Å². The van der Waals surface area contributed by atoms with Gasteiger partial charge in [-0.25, -0.2) is 4.90 Å². The first kappa shape index (κ1) is 14.4. The zero-order chi connectivity index (χ0) is 16.6. The van der Waals surface area contributed by atoms with Crippen LogP contribution in [0.15, 0.2) is 30.4 Å². The minimum absolute atomic E-state index is 0.0605. The van der Waals surface area contributed by atoms with E-state index in [0.29, 0.717) is 23.7 Å². The second-order valence-electron chi connectivity index (χ2n) is 7.80. The normalized spacial score (nSPS) is 38.5. The minimum atomic E-state index is -0.106. The highest BCUT2D eigenvalue weighted by molar-refractivity contribution is 6.23. The van der Waals surface area contributed by atoms with Gasteiger partial charge in [0.2, 0.25) is 11.8 Å².